The Bertz CT molecular complexity index is 707. The quantitative estimate of drug-likeness (QED) is 0.793. The summed E-state index contributed by atoms with van der Waals surface area (Å²) in [7, 11) is 0. The number of hydrogen-bond acceptors (Lipinski definition) is 2. The normalized spacial score (nSPS) is 21.2. The van der Waals surface area contributed by atoms with Crippen molar-refractivity contribution < 1.29 is 14.7 Å². The Kier molecular flexibility index (Phi) is 4.65. The van der Waals surface area contributed by atoms with E-state index in [1.807, 2.05) is 24.4 Å². The average molecular weight is 314 g/mol. The van der Waals surface area contributed by atoms with Gasteiger partial charge in [-0.1, -0.05) is 31.0 Å². The SMILES string of the molecule is O=C(O)[C@@H]1CCCC[C@H]1C(=O)NCCc1c[nH]c2ccccc12. The summed E-state index contributed by atoms with van der Waals surface area (Å²) in [5, 5.41) is 13.4. The minimum absolute atomic E-state index is 0.114. The largest absolute Gasteiger partial charge is 0.481 e. The van der Waals surface area contributed by atoms with E-state index in [1.54, 1.807) is 0 Å². The van der Waals surface area contributed by atoms with E-state index in [-0.39, 0.29) is 11.8 Å². The lowest BCUT2D eigenvalue weighted by atomic mass is 9.78. The molecule has 3 N–H and O–H groups in total. The van der Waals surface area contributed by atoms with Crippen molar-refractivity contribution in [3.05, 3.63) is 36.0 Å². The molecule has 1 aromatic heterocycles. The zero-order chi connectivity index (χ0) is 16.2. The van der Waals surface area contributed by atoms with Gasteiger partial charge >= 0.3 is 5.97 Å². The van der Waals surface area contributed by atoms with Gasteiger partial charge in [0.25, 0.3) is 0 Å². The number of aromatic amines is 1. The zero-order valence-electron chi connectivity index (χ0n) is 13.0. The lowest BCUT2D eigenvalue weighted by Gasteiger charge is -2.27. The van der Waals surface area contributed by atoms with Crippen LogP contribution in [0.3, 0.4) is 0 Å². The third-order valence-corrected chi connectivity index (χ3v) is 4.79. The molecule has 122 valence electrons. The molecule has 1 fully saturated rings. The maximum absolute atomic E-state index is 12.3. The number of carbonyl (C=O) groups excluding carboxylic acids is 1. The second kappa shape index (κ2) is 6.86. The third kappa shape index (κ3) is 3.38. The number of carbonyl (C=O) groups is 2. The summed E-state index contributed by atoms with van der Waals surface area (Å²) >= 11 is 0. The van der Waals surface area contributed by atoms with E-state index in [9.17, 15) is 14.7 Å². The monoisotopic (exact) mass is 314 g/mol. The van der Waals surface area contributed by atoms with Crippen LogP contribution in [0, 0.1) is 11.8 Å². The van der Waals surface area contributed by atoms with Crippen LogP contribution >= 0.6 is 0 Å². The first-order chi connectivity index (χ1) is 11.2. The number of H-pyrrole nitrogens is 1. The Hall–Kier alpha value is -2.30. The van der Waals surface area contributed by atoms with E-state index in [2.05, 4.69) is 16.4 Å². The van der Waals surface area contributed by atoms with E-state index < -0.39 is 11.9 Å². The molecule has 1 aliphatic rings. The van der Waals surface area contributed by atoms with Crippen LogP contribution in [0.4, 0.5) is 0 Å². The number of aliphatic carboxylic acids is 1. The van der Waals surface area contributed by atoms with Gasteiger partial charge in [-0.3, -0.25) is 9.59 Å². The fourth-order valence-corrected chi connectivity index (χ4v) is 3.53. The molecule has 2 aromatic rings. The molecule has 2 atom stereocenters. The third-order valence-electron chi connectivity index (χ3n) is 4.79. The van der Waals surface area contributed by atoms with Crippen LogP contribution in [0.1, 0.15) is 31.2 Å². The second-order valence-corrected chi connectivity index (χ2v) is 6.24. The van der Waals surface area contributed by atoms with E-state index >= 15 is 0 Å². The van der Waals surface area contributed by atoms with Crippen molar-refractivity contribution in [2.45, 2.75) is 32.1 Å². The molecule has 1 aromatic carbocycles. The standard InChI is InChI=1S/C18H22N2O3/c21-17(14-6-1-2-7-15(14)18(22)23)19-10-9-12-11-20-16-8-4-3-5-13(12)16/h3-5,8,11,14-15,20H,1-2,6-7,9-10H2,(H,19,21)(H,22,23)/t14-,15-/m1/s1. The highest BCUT2D eigenvalue weighted by atomic mass is 16.4. The molecule has 1 aliphatic carbocycles. The van der Waals surface area contributed by atoms with Gasteiger partial charge in [0.15, 0.2) is 0 Å². The number of amides is 1. The molecule has 3 rings (SSSR count). The average Bonchev–Trinajstić information content (AvgIpc) is 2.98. The molecule has 5 heteroatoms. The number of rotatable bonds is 5. The Morgan fingerprint density at radius 1 is 1.17 bits per heavy atom. The van der Waals surface area contributed by atoms with Gasteiger partial charge in [-0.25, -0.2) is 0 Å². The fraction of sp³-hybridized carbons (Fsp3) is 0.444. The van der Waals surface area contributed by atoms with Gasteiger partial charge in [-0.05, 0) is 30.9 Å². The van der Waals surface area contributed by atoms with Gasteiger partial charge in [0.2, 0.25) is 5.91 Å². The predicted octanol–water partition coefficient (Wildman–Crippen LogP) is 2.72. The summed E-state index contributed by atoms with van der Waals surface area (Å²) in [6, 6.07) is 8.07. The molecule has 0 bridgehead atoms. The maximum Gasteiger partial charge on any atom is 0.307 e. The number of fused-ring (bicyclic) bond motifs is 1. The van der Waals surface area contributed by atoms with Crippen molar-refractivity contribution in [1.82, 2.24) is 10.3 Å². The zero-order valence-corrected chi connectivity index (χ0v) is 13.0. The minimum Gasteiger partial charge on any atom is -0.481 e. The number of hydrogen-bond donors (Lipinski definition) is 3. The summed E-state index contributed by atoms with van der Waals surface area (Å²) in [6.45, 7) is 0.531. The molecular weight excluding hydrogens is 292 g/mol. The number of aromatic nitrogens is 1. The number of nitrogens with one attached hydrogen (secondary N) is 2. The lowest BCUT2D eigenvalue weighted by molar-refractivity contribution is -0.148. The van der Waals surface area contributed by atoms with Crippen molar-refractivity contribution in [2.75, 3.05) is 6.54 Å². The van der Waals surface area contributed by atoms with E-state index in [0.29, 0.717) is 19.4 Å². The summed E-state index contributed by atoms with van der Waals surface area (Å²) in [5.41, 5.74) is 2.26. The van der Waals surface area contributed by atoms with Gasteiger partial charge < -0.3 is 15.4 Å². The molecule has 5 nitrogen and oxygen atoms in total. The molecule has 1 amide bonds. The van der Waals surface area contributed by atoms with Gasteiger partial charge in [-0.15, -0.1) is 0 Å². The van der Waals surface area contributed by atoms with Crippen molar-refractivity contribution in [1.29, 1.82) is 0 Å². The highest BCUT2D eigenvalue weighted by molar-refractivity contribution is 5.85. The van der Waals surface area contributed by atoms with Crippen LogP contribution in [-0.2, 0) is 16.0 Å². The van der Waals surface area contributed by atoms with Gasteiger partial charge in [0.1, 0.15) is 0 Å². The van der Waals surface area contributed by atoms with Crippen LogP contribution in [0.15, 0.2) is 30.5 Å². The molecule has 1 saturated carbocycles. The Labute approximate surface area is 135 Å². The Balaban J connectivity index is 1.57. The fourth-order valence-electron chi connectivity index (χ4n) is 3.53. The van der Waals surface area contributed by atoms with Crippen molar-refractivity contribution in [3.63, 3.8) is 0 Å². The first kappa shape index (κ1) is 15.6. The first-order valence-electron chi connectivity index (χ1n) is 8.22. The van der Waals surface area contributed by atoms with Crippen molar-refractivity contribution in [2.24, 2.45) is 11.8 Å². The number of carboxylic acid groups (broad SMARTS) is 1. The van der Waals surface area contributed by atoms with E-state index in [1.165, 1.54) is 10.9 Å². The van der Waals surface area contributed by atoms with Crippen LogP contribution < -0.4 is 5.32 Å². The second-order valence-electron chi connectivity index (χ2n) is 6.24. The summed E-state index contributed by atoms with van der Waals surface area (Å²) in [4.78, 5) is 26.8. The lowest BCUT2D eigenvalue weighted by Crippen LogP contribution is -2.40. The molecule has 23 heavy (non-hydrogen) atoms. The predicted molar refractivity (Wildman–Crippen MR) is 88.1 cm³/mol. The van der Waals surface area contributed by atoms with E-state index in [4.69, 9.17) is 0 Å². The van der Waals surface area contributed by atoms with Crippen LogP contribution in [-0.4, -0.2) is 28.5 Å². The number of para-hydroxylation sites is 1. The molecule has 0 radical (unpaired) electrons. The van der Waals surface area contributed by atoms with Crippen LogP contribution in [0.2, 0.25) is 0 Å². The maximum atomic E-state index is 12.3. The van der Waals surface area contributed by atoms with Crippen molar-refractivity contribution >= 4 is 22.8 Å². The van der Waals surface area contributed by atoms with Crippen LogP contribution in [0.5, 0.6) is 0 Å². The highest BCUT2D eigenvalue weighted by Gasteiger charge is 2.35. The minimum atomic E-state index is -0.846. The van der Waals surface area contributed by atoms with Crippen molar-refractivity contribution in [3.8, 4) is 0 Å². The number of benzene rings is 1. The first-order valence-corrected chi connectivity index (χ1v) is 8.22. The van der Waals surface area contributed by atoms with Gasteiger partial charge in [0, 0.05) is 23.6 Å². The highest BCUT2D eigenvalue weighted by Crippen LogP contribution is 2.30. The molecule has 1 heterocycles. The number of carboxylic acids is 1. The topological polar surface area (TPSA) is 82.2 Å². The Morgan fingerprint density at radius 3 is 2.70 bits per heavy atom. The smallest absolute Gasteiger partial charge is 0.307 e. The summed E-state index contributed by atoms with van der Waals surface area (Å²) in [6.07, 6.45) is 5.82. The Morgan fingerprint density at radius 2 is 1.91 bits per heavy atom. The molecule has 0 unspecified atom stereocenters. The molecule has 0 aliphatic heterocycles. The molecular formula is C18H22N2O3. The van der Waals surface area contributed by atoms with E-state index in [0.717, 1.165) is 24.8 Å². The summed E-state index contributed by atoms with van der Waals surface area (Å²) < 4.78 is 0. The molecule has 0 saturated heterocycles. The van der Waals surface area contributed by atoms with Crippen LogP contribution in [0.25, 0.3) is 10.9 Å². The molecule has 0 spiro atoms. The van der Waals surface area contributed by atoms with Gasteiger partial charge in [-0.2, -0.15) is 0 Å². The van der Waals surface area contributed by atoms with Gasteiger partial charge in [0.05, 0.1) is 11.8 Å². The summed E-state index contributed by atoms with van der Waals surface area (Å²) in [5.74, 6) is -1.88.